The Morgan fingerprint density at radius 3 is 1.56 bits per heavy atom. The van der Waals surface area contributed by atoms with E-state index in [4.69, 9.17) is 22.1 Å². The summed E-state index contributed by atoms with van der Waals surface area (Å²) in [6.07, 6.45) is -0.710. The summed E-state index contributed by atoms with van der Waals surface area (Å²) in [5.41, 5.74) is 9.22. The van der Waals surface area contributed by atoms with Crippen molar-refractivity contribution in [1.82, 2.24) is 61.8 Å². The third kappa shape index (κ3) is 31.6. The van der Waals surface area contributed by atoms with Crippen LogP contribution in [0.1, 0.15) is 119 Å². The summed E-state index contributed by atoms with van der Waals surface area (Å²) in [4.78, 5) is 242. The van der Waals surface area contributed by atoms with Gasteiger partial charge in [0.1, 0.15) is 72.2 Å². The molecule has 32 nitrogen and oxygen atoms in total. The summed E-state index contributed by atoms with van der Waals surface area (Å²) in [6.45, 7) is 6.75. The van der Waals surface area contributed by atoms with Crippen molar-refractivity contribution in [3.05, 3.63) is 202 Å². The second-order valence-corrected chi connectivity index (χ2v) is 35.0. The van der Waals surface area contributed by atoms with Gasteiger partial charge < -0.3 is 82.5 Å². The van der Waals surface area contributed by atoms with Gasteiger partial charge in [0.25, 0.3) is 6.47 Å². The van der Waals surface area contributed by atoms with Crippen molar-refractivity contribution in [3.63, 3.8) is 0 Å². The third-order valence-electron chi connectivity index (χ3n) is 22.5. The first-order chi connectivity index (χ1) is 61.5. The molecule has 1 aromatic heterocycles. The van der Waals surface area contributed by atoms with E-state index in [2.05, 4.69) is 42.2 Å². The van der Waals surface area contributed by atoms with Crippen LogP contribution in [0, 0.1) is 23.7 Å². The lowest BCUT2D eigenvalue weighted by Gasteiger charge is -2.37. The normalized spacial score (nSPS) is 22.0. The molecule has 8 rings (SSSR count). The lowest BCUT2D eigenvalue weighted by molar-refractivity contribution is -0.151. The molecule has 0 saturated carbocycles. The molecule has 34 heteroatoms. The first-order valence-corrected chi connectivity index (χ1v) is 44.6. The van der Waals surface area contributed by atoms with Crippen LogP contribution >= 0.6 is 23.4 Å². The number of phenolic OH excluding ortho intramolecular Hbond substituents is 2. The predicted molar refractivity (Wildman–Crippen MR) is 486 cm³/mol. The molecular formula is C95H118ClN13O19S. The molecule has 1 aliphatic rings. The number of hydrogen-bond donors (Lipinski definition) is 11. The number of carbonyl (C=O) groups is 16. The Bertz CT molecular complexity index is 5040. The van der Waals surface area contributed by atoms with E-state index in [9.17, 15) is 48.6 Å². The molecule has 0 unspecified atom stereocenters. The van der Waals surface area contributed by atoms with E-state index in [0.717, 1.165) is 21.6 Å². The van der Waals surface area contributed by atoms with Gasteiger partial charge in [-0.3, -0.25) is 76.7 Å². The molecule has 6 aromatic carbocycles. The van der Waals surface area contributed by atoms with Crippen molar-refractivity contribution in [1.29, 1.82) is 0 Å². The number of nitrogens with two attached hydrogens (primary N) is 1. The van der Waals surface area contributed by atoms with Gasteiger partial charge in [-0.2, -0.15) is 0 Å². The average Bonchev–Trinajstić information content (AvgIpc) is 1.77. The number of aromatic amines is 1. The van der Waals surface area contributed by atoms with Crippen LogP contribution in [0.4, 0.5) is 0 Å². The summed E-state index contributed by atoms with van der Waals surface area (Å²) in [7, 11) is 5.41. The number of fused-ring (bicyclic) bond motifs is 1. The van der Waals surface area contributed by atoms with Crippen LogP contribution in [-0.2, 0) is 120 Å². The zero-order valence-corrected chi connectivity index (χ0v) is 75.7. The molecule has 1 fully saturated rings. The number of hydrogen-bond acceptors (Lipinski definition) is 20. The van der Waals surface area contributed by atoms with Crippen LogP contribution in [-0.4, -0.2) is 243 Å². The number of nitrogens with one attached hydrogen (secondary N) is 8. The van der Waals surface area contributed by atoms with Gasteiger partial charge in [0.15, 0.2) is 11.6 Å². The fourth-order valence-electron chi connectivity index (χ4n) is 15.3. The highest BCUT2D eigenvalue weighted by atomic mass is 35.5. The second-order valence-electron chi connectivity index (χ2n) is 33.5. The van der Waals surface area contributed by atoms with Crippen LogP contribution in [0.15, 0.2) is 164 Å². The highest BCUT2D eigenvalue weighted by Crippen LogP contribution is 2.27. The zero-order chi connectivity index (χ0) is 94.1. The minimum Gasteiger partial charge on any atom is -0.508 e. The minimum absolute atomic E-state index is 0.0677. The number of carbonyl (C=O) groups excluding carboxylic acids is 16. The van der Waals surface area contributed by atoms with Crippen LogP contribution < -0.4 is 43.0 Å². The molecule has 0 radical (unpaired) electrons. The fraction of sp³-hybridized carbons (Fsp3) is 0.432. The lowest BCUT2D eigenvalue weighted by Crippen LogP contribution is -2.59. The number of Topliss-reactive ketones (excluding diaryl/α,β-unsaturated/α-hetero) is 3. The molecule has 0 spiro atoms. The number of aromatic hydroxyl groups is 2. The van der Waals surface area contributed by atoms with E-state index in [-0.39, 0.29) is 81.0 Å². The molecule has 12 N–H and O–H groups in total. The number of likely N-dealkylation sites (N-methyl/N-ethyl adjacent to an activating group) is 4. The summed E-state index contributed by atoms with van der Waals surface area (Å²) < 4.78 is 5.13. The molecule has 690 valence electrons. The van der Waals surface area contributed by atoms with Gasteiger partial charge in [0.05, 0.1) is 30.8 Å². The van der Waals surface area contributed by atoms with E-state index in [1.165, 1.54) is 86.5 Å². The Morgan fingerprint density at radius 2 is 1.00 bits per heavy atom. The maximum absolute atomic E-state index is 15.5. The molecule has 1 saturated heterocycles. The Balaban J connectivity index is 1.21. The Kier molecular flexibility index (Phi) is 39.5. The maximum atomic E-state index is 15.5. The van der Waals surface area contributed by atoms with Gasteiger partial charge in [-0.1, -0.05) is 174 Å². The first-order valence-electron chi connectivity index (χ1n) is 43.0. The lowest BCUT2D eigenvalue weighted by atomic mass is 9.84. The minimum atomic E-state index is -1.58. The summed E-state index contributed by atoms with van der Waals surface area (Å²) in [5.74, 6) is -16.7. The number of halogens is 1. The number of H-pyrrole nitrogens is 1. The van der Waals surface area contributed by atoms with Crippen LogP contribution in [0.5, 0.6) is 11.5 Å². The van der Waals surface area contributed by atoms with E-state index < -0.39 is 211 Å². The molecular weight excluding hydrogens is 1690 g/mol. The summed E-state index contributed by atoms with van der Waals surface area (Å²) in [6, 6.07) is 29.2. The number of para-hydroxylation sites is 1. The van der Waals surface area contributed by atoms with Gasteiger partial charge in [-0.25, -0.2) is 0 Å². The topological polar surface area (TPSA) is 462 Å². The Labute approximate surface area is 759 Å². The molecule has 11 atom stereocenters. The van der Waals surface area contributed by atoms with Crippen molar-refractivity contribution >= 4 is 129 Å². The number of amides is 12. The third-order valence-corrected chi connectivity index (χ3v) is 23.8. The smallest absolute Gasteiger partial charge is 0.293 e. The second kappa shape index (κ2) is 50.1. The average molecular weight is 1810 g/mol. The molecule has 12 amide bonds. The Hall–Kier alpha value is -12.8. The number of rotatable bonds is 25. The summed E-state index contributed by atoms with van der Waals surface area (Å²) in [5, 5.41) is 41.2. The van der Waals surface area contributed by atoms with Crippen molar-refractivity contribution in [3.8, 4) is 11.5 Å². The number of phenols is 2. The molecule has 129 heavy (non-hydrogen) atoms. The van der Waals surface area contributed by atoms with Crippen molar-refractivity contribution in [2.45, 2.75) is 179 Å². The molecule has 2 heterocycles. The van der Waals surface area contributed by atoms with E-state index >= 15 is 38.4 Å². The van der Waals surface area contributed by atoms with Gasteiger partial charge in [-0.15, -0.1) is 11.8 Å². The van der Waals surface area contributed by atoms with Crippen LogP contribution in [0.3, 0.4) is 0 Å². The molecule has 7 aromatic rings. The number of aromatic nitrogens is 1. The largest absolute Gasteiger partial charge is 0.508 e. The number of nitrogens with zero attached hydrogens (tertiary/aromatic N) is 4. The quantitative estimate of drug-likeness (QED) is 0.0303. The van der Waals surface area contributed by atoms with Crippen molar-refractivity contribution in [2.75, 3.05) is 59.4 Å². The van der Waals surface area contributed by atoms with Gasteiger partial charge in [0.2, 0.25) is 70.9 Å². The number of thioether (sulfide) groups is 1. The fourth-order valence-corrected chi connectivity index (χ4v) is 16.3. The molecule has 0 bridgehead atoms. The highest BCUT2D eigenvalue weighted by Gasteiger charge is 2.41. The van der Waals surface area contributed by atoms with E-state index in [1.54, 1.807) is 143 Å². The van der Waals surface area contributed by atoms with Gasteiger partial charge in [0, 0.05) is 126 Å². The summed E-state index contributed by atoms with van der Waals surface area (Å²) >= 11 is 7.21. The van der Waals surface area contributed by atoms with Crippen LogP contribution in [0.2, 0.25) is 5.02 Å². The highest BCUT2D eigenvalue weighted by molar-refractivity contribution is 8.00. The van der Waals surface area contributed by atoms with E-state index in [1.807, 2.05) is 6.92 Å². The molecule has 1 aliphatic heterocycles. The molecule has 0 aliphatic carbocycles. The van der Waals surface area contributed by atoms with Crippen molar-refractivity contribution in [2.24, 2.45) is 29.4 Å². The predicted octanol–water partition coefficient (Wildman–Crippen LogP) is 5.75. The SMILES string of the molecule is CCCC[C@H]1C(=O)N(C)CC(=O)C[C@@H](COC=O)C(=O)C[C@@H](C(C)C)C(=O)N[C@@H](Cc2ccc(Cl)cc2)C(=O)N[C@@H](Cc2ccc(O)cc2)C(=O)N(C)CC(=O)N[C@@H](Cc2c[nH]c3ccccc23)C(=O)N[C@@H](Cc2ccc(O)cc2)C(=O)N[C@@H](CC(C)C)C(=O)N[C@H](C(=O)CCC(N)=O)CSCC(=O)N[C@@H](Cc2ccccc2)C(=O)N(C)[C@@H](Cc2ccccc2)C(=O)N1C. The number of ether oxygens (including phenoxy) is 1. The van der Waals surface area contributed by atoms with Crippen LogP contribution in [0.25, 0.3) is 10.9 Å². The maximum Gasteiger partial charge on any atom is 0.293 e. The van der Waals surface area contributed by atoms with Gasteiger partial charge >= 0.3 is 0 Å². The first kappa shape index (κ1) is 102. The Morgan fingerprint density at radius 1 is 0.519 bits per heavy atom. The standard InChI is InChI=1S/C95H118ClN13O19S/c1-10-11-26-80-94(126)106(6)51-69(113)47-65(53-128-56-110)83(115)49-71(58(4)5)87(119)101-74(42-61-27-33-66(96)34-28-61)90(122)104-77(45-63-31-37-68(112)38-32-63)92(124)107(7)52-85(117)99-76(48-64-50-98-72-25-19-18-24-70(64)72)91(123)103-75(43-62-29-35-67(111)36-30-62)89(121)102-73(41-57(2)3)88(120)105-79(82(114)39-40-84(97)116)54-129-55-86(118)100-78(44-59-20-14-12-15-21-59)93(125)109(9)81(95(127)108(80)8)46-60-22-16-13-17-23-60/h12-25,27-38,50,56-58,65,71,73-81,98,111-112H,10-11,26,39-49,51-55H2,1-9H3,(H2,97,116)(H,99,117)(H,100,118)(H,101,119)(H,102,121)(H,103,123)(H,104,122)(H,105,120)/t65-,71-,73-,74-,75-,76-,77-,78-,79-,80-,81-/m0/s1. The number of ketones is 3. The monoisotopic (exact) mass is 1810 g/mol. The number of unbranched alkanes of at least 4 members (excludes halogenated alkanes) is 1. The van der Waals surface area contributed by atoms with E-state index in [0.29, 0.717) is 62.1 Å². The zero-order valence-electron chi connectivity index (χ0n) is 74.1. The number of benzene rings is 6. The van der Waals surface area contributed by atoms with Crippen molar-refractivity contribution < 1.29 is 91.7 Å². The number of primary amides is 1. The van der Waals surface area contributed by atoms with Gasteiger partial charge in [-0.05, 0) is 101 Å².